The summed E-state index contributed by atoms with van der Waals surface area (Å²) in [6.07, 6.45) is 1.74. The Morgan fingerprint density at radius 1 is 1.24 bits per heavy atom. The van der Waals surface area contributed by atoms with Crippen molar-refractivity contribution in [3.8, 4) is 5.75 Å². The quantitative estimate of drug-likeness (QED) is 0.829. The minimum atomic E-state index is 0.382. The fourth-order valence-electron chi connectivity index (χ4n) is 1.40. The predicted octanol–water partition coefficient (Wildman–Crippen LogP) is 4.28. The second-order valence-corrected chi connectivity index (χ2v) is 4.47. The highest BCUT2D eigenvalue weighted by molar-refractivity contribution is 6.34. The van der Waals surface area contributed by atoms with Crippen LogP contribution in [0, 0.1) is 6.92 Å². The molecule has 2 aromatic rings. The van der Waals surface area contributed by atoms with Crippen molar-refractivity contribution in [2.75, 3.05) is 0 Å². The van der Waals surface area contributed by atoms with Gasteiger partial charge in [0.15, 0.2) is 0 Å². The highest BCUT2D eigenvalue weighted by atomic mass is 35.5. The molecular weight excluding hydrogens is 257 g/mol. The first kappa shape index (κ1) is 12.2. The lowest BCUT2D eigenvalue weighted by atomic mass is 10.2. The second-order valence-electron chi connectivity index (χ2n) is 3.63. The van der Waals surface area contributed by atoms with E-state index in [-0.39, 0.29) is 0 Å². The molecule has 1 aromatic carbocycles. The largest absolute Gasteiger partial charge is 0.486 e. The molecule has 2 nitrogen and oxygen atoms in total. The lowest BCUT2D eigenvalue weighted by Crippen LogP contribution is -2.00. The van der Waals surface area contributed by atoms with Crippen LogP contribution in [0.2, 0.25) is 10.0 Å². The Bertz CT molecular complexity index is 529. The van der Waals surface area contributed by atoms with Gasteiger partial charge in [0.25, 0.3) is 0 Å². The van der Waals surface area contributed by atoms with E-state index in [9.17, 15) is 0 Å². The third-order valence-corrected chi connectivity index (χ3v) is 2.92. The zero-order chi connectivity index (χ0) is 12.3. The van der Waals surface area contributed by atoms with Crippen LogP contribution in [-0.2, 0) is 6.61 Å². The van der Waals surface area contributed by atoms with E-state index in [0.29, 0.717) is 22.4 Å². The minimum Gasteiger partial charge on any atom is -0.486 e. The topological polar surface area (TPSA) is 22.1 Å². The Morgan fingerprint density at radius 2 is 2.06 bits per heavy atom. The summed E-state index contributed by atoms with van der Waals surface area (Å²) >= 11 is 11.9. The summed E-state index contributed by atoms with van der Waals surface area (Å²) in [5.74, 6) is 0.573. The van der Waals surface area contributed by atoms with Crippen molar-refractivity contribution in [2.24, 2.45) is 0 Å². The van der Waals surface area contributed by atoms with Crippen LogP contribution in [0.15, 0.2) is 36.5 Å². The summed E-state index contributed by atoms with van der Waals surface area (Å²) in [5, 5.41) is 1.14. The molecule has 1 heterocycles. The maximum absolute atomic E-state index is 6.00. The number of nitrogens with zero attached hydrogens (tertiary/aromatic N) is 1. The molecule has 0 radical (unpaired) electrons. The first-order chi connectivity index (χ1) is 8.16. The highest BCUT2D eigenvalue weighted by Gasteiger charge is 2.04. The molecule has 0 spiro atoms. The molecule has 0 fully saturated rings. The SMILES string of the molecule is Cc1cccnc1COc1cc(Cl)ccc1Cl. The van der Waals surface area contributed by atoms with Crippen molar-refractivity contribution in [1.82, 2.24) is 4.98 Å². The van der Waals surface area contributed by atoms with Gasteiger partial charge in [-0.1, -0.05) is 29.3 Å². The molecule has 0 N–H and O–H groups in total. The number of hydrogen-bond donors (Lipinski definition) is 0. The predicted molar refractivity (Wildman–Crippen MR) is 69.8 cm³/mol. The maximum Gasteiger partial charge on any atom is 0.139 e. The number of hydrogen-bond acceptors (Lipinski definition) is 2. The molecule has 2 rings (SSSR count). The summed E-state index contributed by atoms with van der Waals surface area (Å²) in [4.78, 5) is 4.24. The maximum atomic E-state index is 6.00. The molecular formula is C13H11Cl2NO. The van der Waals surface area contributed by atoms with Crippen LogP contribution in [0.3, 0.4) is 0 Å². The first-order valence-corrected chi connectivity index (χ1v) is 5.91. The van der Waals surface area contributed by atoms with Crippen LogP contribution in [0.4, 0.5) is 0 Å². The van der Waals surface area contributed by atoms with Crippen molar-refractivity contribution < 1.29 is 4.74 Å². The number of pyridine rings is 1. The number of aromatic nitrogens is 1. The average molecular weight is 268 g/mol. The van der Waals surface area contributed by atoms with Crippen molar-refractivity contribution in [2.45, 2.75) is 13.5 Å². The van der Waals surface area contributed by atoms with Gasteiger partial charge in [0.2, 0.25) is 0 Å². The fourth-order valence-corrected chi connectivity index (χ4v) is 1.74. The lowest BCUT2D eigenvalue weighted by molar-refractivity contribution is 0.300. The third-order valence-electron chi connectivity index (χ3n) is 2.38. The normalized spacial score (nSPS) is 10.3. The van der Waals surface area contributed by atoms with Gasteiger partial charge >= 0.3 is 0 Å². The molecule has 88 valence electrons. The van der Waals surface area contributed by atoms with Crippen molar-refractivity contribution in [3.63, 3.8) is 0 Å². The van der Waals surface area contributed by atoms with E-state index in [1.54, 1.807) is 24.4 Å². The van der Waals surface area contributed by atoms with Crippen LogP contribution >= 0.6 is 23.2 Å². The molecule has 0 aliphatic rings. The van der Waals surface area contributed by atoms with E-state index in [4.69, 9.17) is 27.9 Å². The van der Waals surface area contributed by atoms with Gasteiger partial charge in [-0.05, 0) is 30.7 Å². The van der Waals surface area contributed by atoms with Gasteiger partial charge in [0.05, 0.1) is 10.7 Å². The van der Waals surface area contributed by atoms with Crippen LogP contribution in [0.25, 0.3) is 0 Å². The zero-order valence-electron chi connectivity index (χ0n) is 9.28. The lowest BCUT2D eigenvalue weighted by Gasteiger charge is -2.09. The summed E-state index contributed by atoms with van der Waals surface area (Å²) in [6, 6.07) is 9.02. The number of benzene rings is 1. The van der Waals surface area contributed by atoms with E-state index < -0.39 is 0 Å². The number of ether oxygens (including phenoxy) is 1. The summed E-state index contributed by atoms with van der Waals surface area (Å²) in [6.45, 7) is 2.37. The van der Waals surface area contributed by atoms with Crippen LogP contribution in [0.1, 0.15) is 11.3 Å². The molecule has 0 atom stereocenters. The monoisotopic (exact) mass is 267 g/mol. The molecule has 17 heavy (non-hydrogen) atoms. The van der Waals surface area contributed by atoms with Gasteiger partial charge in [0.1, 0.15) is 12.4 Å². The summed E-state index contributed by atoms with van der Waals surface area (Å²) in [5.41, 5.74) is 1.98. The smallest absolute Gasteiger partial charge is 0.139 e. The van der Waals surface area contributed by atoms with Gasteiger partial charge in [-0.25, -0.2) is 0 Å². The van der Waals surface area contributed by atoms with Crippen molar-refractivity contribution in [3.05, 3.63) is 57.8 Å². The molecule has 0 aliphatic carbocycles. The fraction of sp³-hybridized carbons (Fsp3) is 0.154. The van der Waals surface area contributed by atoms with Gasteiger partial charge in [-0.15, -0.1) is 0 Å². The molecule has 0 unspecified atom stereocenters. The Hall–Kier alpha value is -1.25. The standard InChI is InChI=1S/C13H11Cl2NO/c1-9-3-2-6-16-12(9)8-17-13-7-10(14)4-5-11(13)15/h2-7H,8H2,1H3. The molecule has 0 saturated carbocycles. The van der Waals surface area contributed by atoms with Gasteiger partial charge in [-0.2, -0.15) is 0 Å². The Labute approximate surface area is 110 Å². The minimum absolute atomic E-state index is 0.382. The van der Waals surface area contributed by atoms with Crippen LogP contribution < -0.4 is 4.74 Å². The van der Waals surface area contributed by atoms with E-state index in [1.807, 2.05) is 19.1 Å². The second kappa shape index (κ2) is 5.39. The van der Waals surface area contributed by atoms with Crippen LogP contribution in [0.5, 0.6) is 5.75 Å². The molecule has 0 bridgehead atoms. The average Bonchev–Trinajstić information content (AvgIpc) is 2.32. The molecule has 0 amide bonds. The van der Waals surface area contributed by atoms with Crippen LogP contribution in [-0.4, -0.2) is 4.98 Å². The Kier molecular flexibility index (Phi) is 3.87. The van der Waals surface area contributed by atoms with E-state index in [2.05, 4.69) is 4.98 Å². The summed E-state index contributed by atoms with van der Waals surface area (Å²) in [7, 11) is 0. The molecule has 4 heteroatoms. The van der Waals surface area contributed by atoms with Crippen molar-refractivity contribution in [1.29, 1.82) is 0 Å². The Morgan fingerprint density at radius 3 is 2.82 bits per heavy atom. The van der Waals surface area contributed by atoms with E-state index in [1.165, 1.54) is 0 Å². The first-order valence-electron chi connectivity index (χ1n) is 5.15. The number of halogens is 2. The number of rotatable bonds is 3. The molecule has 0 saturated heterocycles. The highest BCUT2D eigenvalue weighted by Crippen LogP contribution is 2.28. The van der Waals surface area contributed by atoms with Gasteiger partial charge < -0.3 is 4.74 Å². The third kappa shape index (κ3) is 3.11. The van der Waals surface area contributed by atoms with E-state index in [0.717, 1.165) is 11.3 Å². The van der Waals surface area contributed by atoms with Gasteiger partial charge in [-0.3, -0.25) is 4.98 Å². The zero-order valence-corrected chi connectivity index (χ0v) is 10.8. The van der Waals surface area contributed by atoms with Gasteiger partial charge in [0, 0.05) is 17.3 Å². The van der Waals surface area contributed by atoms with Crippen molar-refractivity contribution >= 4 is 23.2 Å². The molecule has 1 aromatic heterocycles. The molecule has 0 aliphatic heterocycles. The Balaban J connectivity index is 2.12. The summed E-state index contributed by atoms with van der Waals surface area (Å²) < 4.78 is 5.61. The van der Waals surface area contributed by atoms with E-state index >= 15 is 0 Å². The number of aryl methyl sites for hydroxylation is 1.